The standard InChI is InChI=1S/C50H71N11O12S2/c1-6-28(5)43-49(71)56-33(16-17-39(51)62)45(67)57-36(23-40(52)63)46(68)59-37(26-75-74-19-18-42(65)55-35(47(69)60-43)21-29-12-14-32(15-13-29)73-7-2)50(72)61-25-31-11-9-8-10-30(31)22-38(61)48(70)58-34(20-27(3)4)44(66)54-24-41(53)64/h8-15,27-28,33-38,43H,6-7,16-26H2,1-5H3,(H2,51,62)(H2,52,63)(H2,53,64)(H,54,66)(H,55,65)(H,56,71)(H,57,67)(H,58,70)(H,59,68)(H,60,69)/t28-,33-,34-,35-,36-,37-,38-,43-/m0/s1. The van der Waals surface area contributed by atoms with E-state index < -0.39 is 133 Å². The molecule has 0 bridgehead atoms. The van der Waals surface area contributed by atoms with Crippen LogP contribution >= 0.6 is 21.6 Å². The first kappa shape index (κ1) is 60.7. The number of hydrogen-bond acceptors (Lipinski definition) is 14. The first-order chi connectivity index (χ1) is 35.6. The largest absolute Gasteiger partial charge is 0.494 e. The van der Waals surface area contributed by atoms with Gasteiger partial charge in [-0.05, 0) is 60.4 Å². The van der Waals surface area contributed by atoms with E-state index >= 15 is 4.79 Å². The van der Waals surface area contributed by atoms with Gasteiger partial charge in [0, 0.05) is 43.7 Å². The number of amides is 11. The second-order valence-corrected chi connectivity index (χ2v) is 21.4. The molecular weight excluding hydrogens is 1010 g/mol. The van der Waals surface area contributed by atoms with Gasteiger partial charge in [-0.15, -0.1) is 0 Å². The highest BCUT2D eigenvalue weighted by molar-refractivity contribution is 8.76. The number of rotatable bonds is 19. The van der Waals surface area contributed by atoms with Crippen LogP contribution < -0.4 is 59.2 Å². The van der Waals surface area contributed by atoms with Crippen molar-refractivity contribution in [1.29, 1.82) is 0 Å². The number of fused-ring (bicyclic) bond motifs is 1. The number of ether oxygens (including phenoxy) is 1. The lowest BCUT2D eigenvalue weighted by molar-refractivity contribution is -0.145. The van der Waals surface area contributed by atoms with Gasteiger partial charge >= 0.3 is 0 Å². The van der Waals surface area contributed by atoms with Gasteiger partial charge in [-0.3, -0.25) is 52.7 Å². The van der Waals surface area contributed by atoms with Crippen molar-refractivity contribution >= 4 is 86.6 Å². The molecular formula is C50H71N11O12S2. The molecule has 8 atom stereocenters. The zero-order chi connectivity index (χ0) is 55.4. The van der Waals surface area contributed by atoms with Gasteiger partial charge in [0.15, 0.2) is 0 Å². The maximum atomic E-state index is 15.1. The number of carbonyl (C=O) groups excluding carboxylic acids is 11. The fourth-order valence-corrected chi connectivity index (χ4v) is 10.4. The Bertz CT molecular complexity index is 2390. The Kier molecular flexibility index (Phi) is 24.2. The normalized spacial score (nSPS) is 22.1. The summed E-state index contributed by atoms with van der Waals surface area (Å²) < 4.78 is 5.56. The maximum Gasteiger partial charge on any atom is 0.247 e. The molecule has 23 nitrogen and oxygen atoms in total. The average Bonchev–Trinajstić information content (AvgIpc) is 3.36. The van der Waals surface area contributed by atoms with Gasteiger partial charge in [0.05, 0.1) is 19.6 Å². The van der Waals surface area contributed by atoms with E-state index in [2.05, 4.69) is 37.2 Å². The van der Waals surface area contributed by atoms with Crippen LogP contribution in [0, 0.1) is 11.8 Å². The Balaban J connectivity index is 1.75. The van der Waals surface area contributed by atoms with E-state index in [9.17, 15) is 47.9 Å². The van der Waals surface area contributed by atoms with Gasteiger partial charge in [0.2, 0.25) is 65.0 Å². The number of carbonyl (C=O) groups is 11. The first-order valence-corrected chi connectivity index (χ1v) is 27.4. The Labute approximate surface area is 444 Å². The lowest BCUT2D eigenvalue weighted by Gasteiger charge is -2.38. The Morgan fingerprint density at radius 3 is 2.04 bits per heavy atom. The molecule has 0 aliphatic carbocycles. The topological polar surface area (TPSA) is 363 Å². The van der Waals surface area contributed by atoms with E-state index in [0.717, 1.165) is 27.2 Å². The number of nitrogens with two attached hydrogens (primary N) is 3. The second-order valence-electron chi connectivity index (χ2n) is 18.8. The summed E-state index contributed by atoms with van der Waals surface area (Å²) >= 11 is 0. The number of primary amides is 3. The van der Waals surface area contributed by atoms with E-state index in [-0.39, 0.29) is 56.1 Å². The molecule has 2 aliphatic rings. The molecule has 2 aromatic rings. The van der Waals surface area contributed by atoms with Crippen LogP contribution in [0.5, 0.6) is 5.75 Å². The summed E-state index contributed by atoms with van der Waals surface area (Å²) in [6.45, 7) is 8.79. The van der Waals surface area contributed by atoms with E-state index in [4.69, 9.17) is 21.9 Å². The molecule has 410 valence electrons. The van der Waals surface area contributed by atoms with Crippen molar-refractivity contribution in [3.8, 4) is 5.75 Å². The van der Waals surface area contributed by atoms with Crippen LogP contribution in [-0.2, 0) is 72.1 Å². The van der Waals surface area contributed by atoms with Gasteiger partial charge < -0.3 is 64.1 Å². The van der Waals surface area contributed by atoms with Gasteiger partial charge in [-0.25, -0.2) is 0 Å². The van der Waals surface area contributed by atoms with Crippen molar-refractivity contribution in [3.05, 3.63) is 65.2 Å². The van der Waals surface area contributed by atoms with E-state index in [0.29, 0.717) is 29.9 Å². The van der Waals surface area contributed by atoms with Crippen LogP contribution in [0.15, 0.2) is 48.5 Å². The van der Waals surface area contributed by atoms with Gasteiger partial charge in [-0.1, -0.05) is 92.1 Å². The molecule has 0 aromatic heterocycles. The smallest absolute Gasteiger partial charge is 0.247 e. The van der Waals surface area contributed by atoms with Gasteiger partial charge in [0.1, 0.15) is 48.0 Å². The molecule has 2 aliphatic heterocycles. The van der Waals surface area contributed by atoms with Crippen LogP contribution in [0.2, 0.25) is 0 Å². The molecule has 0 spiro atoms. The predicted molar refractivity (Wildman–Crippen MR) is 280 cm³/mol. The highest BCUT2D eigenvalue weighted by atomic mass is 33.1. The third-order valence-corrected chi connectivity index (χ3v) is 14.8. The second kappa shape index (κ2) is 29.9. The van der Waals surface area contributed by atoms with Gasteiger partial charge in [-0.2, -0.15) is 0 Å². The average molecular weight is 1080 g/mol. The fourth-order valence-electron chi connectivity index (χ4n) is 8.27. The Morgan fingerprint density at radius 2 is 1.41 bits per heavy atom. The first-order valence-electron chi connectivity index (χ1n) is 24.9. The molecule has 0 unspecified atom stereocenters. The van der Waals surface area contributed by atoms with Crippen LogP contribution in [0.3, 0.4) is 0 Å². The zero-order valence-corrected chi connectivity index (χ0v) is 44.5. The quantitative estimate of drug-likeness (QED) is 0.0764. The van der Waals surface area contributed by atoms with Crippen LogP contribution in [0.25, 0.3) is 0 Å². The minimum atomic E-state index is -1.75. The maximum absolute atomic E-state index is 15.1. The molecule has 0 saturated carbocycles. The van der Waals surface area contributed by atoms with Crippen molar-refractivity contribution in [2.45, 2.75) is 135 Å². The van der Waals surface area contributed by atoms with Gasteiger partial charge in [0.25, 0.3) is 0 Å². The van der Waals surface area contributed by atoms with Crippen molar-refractivity contribution in [2.75, 3.05) is 24.7 Å². The van der Waals surface area contributed by atoms with Crippen LogP contribution in [0.4, 0.5) is 0 Å². The highest BCUT2D eigenvalue weighted by Crippen LogP contribution is 2.28. The SMILES string of the molecule is CCOc1ccc(C[C@@H]2NC(=O)CCSSC[C@@H](C(=O)N3Cc4ccccc4C[C@H]3C(=O)N[C@@H](CC(C)C)C(=O)NCC(N)=O)NC(=O)[C@H](CC(N)=O)NC(=O)[C@H](CCC(N)=O)NC(=O)[C@H]([C@@H](C)CC)NC2=O)cc1. The summed E-state index contributed by atoms with van der Waals surface area (Å²) in [5, 5.41) is 18.4. The summed E-state index contributed by atoms with van der Waals surface area (Å²) in [5.41, 5.74) is 18.4. The molecule has 4 rings (SSSR count). The lowest BCUT2D eigenvalue weighted by atomic mass is 9.92. The molecule has 1 saturated heterocycles. The summed E-state index contributed by atoms with van der Waals surface area (Å²) in [6, 6.07) is 4.36. The molecule has 2 aromatic carbocycles. The minimum Gasteiger partial charge on any atom is -0.494 e. The number of benzene rings is 2. The Morgan fingerprint density at radius 1 is 0.760 bits per heavy atom. The number of nitrogens with zero attached hydrogens (tertiary/aromatic N) is 1. The van der Waals surface area contributed by atoms with E-state index in [1.165, 1.54) is 4.90 Å². The molecule has 13 N–H and O–H groups in total. The van der Waals surface area contributed by atoms with Crippen molar-refractivity contribution in [2.24, 2.45) is 29.0 Å². The van der Waals surface area contributed by atoms with Crippen molar-refractivity contribution < 1.29 is 57.5 Å². The summed E-state index contributed by atoms with van der Waals surface area (Å²) in [7, 11) is 2.26. The van der Waals surface area contributed by atoms with Crippen LogP contribution in [-0.4, -0.2) is 137 Å². The third kappa shape index (κ3) is 19.4. The minimum absolute atomic E-state index is 0.00300. The summed E-state index contributed by atoms with van der Waals surface area (Å²) in [4.78, 5) is 151. The fraction of sp³-hybridized carbons (Fsp3) is 0.540. The monoisotopic (exact) mass is 1080 g/mol. The van der Waals surface area contributed by atoms with Crippen LogP contribution in [0.1, 0.15) is 89.8 Å². The molecule has 1 fully saturated rings. The highest BCUT2D eigenvalue weighted by Gasteiger charge is 2.41. The molecule has 25 heteroatoms. The summed E-state index contributed by atoms with van der Waals surface area (Å²) in [6.07, 6.45) is -1.17. The van der Waals surface area contributed by atoms with Crippen molar-refractivity contribution in [3.63, 3.8) is 0 Å². The Hall–Kier alpha value is -6.89. The number of nitrogens with one attached hydrogen (secondary N) is 7. The zero-order valence-electron chi connectivity index (χ0n) is 42.9. The number of hydrogen-bond donors (Lipinski definition) is 10. The summed E-state index contributed by atoms with van der Waals surface area (Å²) in [5.74, 6) is -9.08. The lowest BCUT2D eigenvalue weighted by Crippen LogP contribution is -2.62. The molecule has 2 heterocycles. The molecule has 0 radical (unpaired) electrons. The predicted octanol–water partition coefficient (Wildman–Crippen LogP) is -0.890. The van der Waals surface area contributed by atoms with E-state index in [1.807, 2.05) is 20.8 Å². The molecule has 75 heavy (non-hydrogen) atoms. The third-order valence-electron chi connectivity index (χ3n) is 12.4. The van der Waals surface area contributed by atoms with E-state index in [1.54, 1.807) is 62.4 Å². The van der Waals surface area contributed by atoms with Crippen molar-refractivity contribution in [1.82, 2.24) is 42.1 Å². The molecule has 11 amide bonds.